The fraction of sp³-hybridized carbons (Fsp3) is 0.571. The molecule has 0 spiro atoms. The predicted molar refractivity (Wildman–Crippen MR) is 107 cm³/mol. The Hall–Kier alpha value is -2.81. The molecule has 1 aromatic rings. The van der Waals surface area contributed by atoms with E-state index in [9.17, 15) is 14.4 Å². The van der Waals surface area contributed by atoms with Gasteiger partial charge in [-0.2, -0.15) is 5.06 Å². The summed E-state index contributed by atoms with van der Waals surface area (Å²) < 4.78 is 10.2. The number of amides is 3. The van der Waals surface area contributed by atoms with Crippen molar-refractivity contribution >= 4 is 18.1 Å². The molecule has 2 bridgehead atoms. The summed E-state index contributed by atoms with van der Waals surface area (Å²) in [6.07, 6.45) is -0.0744. The average molecular weight is 419 g/mol. The largest absolute Gasteiger partial charge is 0.467 e. The molecule has 1 aromatic carbocycles. The fourth-order valence-corrected chi connectivity index (χ4v) is 3.84. The van der Waals surface area contributed by atoms with Crippen LogP contribution in [0.2, 0.25) is 0 Å². The lowest BCUT2D eigenvalue weighted by atomic mass is 9.88. The van der Waals surface area contributed by atoms with Gasteiger partial charge in [0.15, 0.2) is 0 Å². The van der Waals surface area contributed by atoms with E-state index in [4.69, 9.17) is 14.3 Å². The lowest BCUT2D eigenvalue weighted by Gasteiger charge is -2.35. The molecule has 2 heterocycles. The van der Waals surface area contributed by atoms with Gasteiger partial charge in [-0.15, -0.1) is 0 Å². The van der Waals surface area contributed by atoms with Crippen LogP contribution >= 0.6 is 0 Å². The molecule has 3 amide bonds. The highest BCUT2D eigenvalue weighted by Gasteiger charge is 2.52. The Morgan fingerprint density at radius 2 is 1.90 bits per heavy atom. The summed E-state index contributed by atoms with van der Waals surface area (Å²) in [6, 6.07) is 8.16. The highest BCUT2D eigenvalue weighted by Crippen LogP contribution is 2.34. The monoisotopic (exact) mass is 419 g/mol. The number of urea groups is 1. The van der Waals surface area contributed by atoms with Crippen molar-refractivity contribution in [2.24, 2.45) is 5.92 Å². The molecule has 2 saturated heterocycles. The Morgan fingerprint density at radius 1 is 1.20 bits per heavy atom. The molecule has 9 heteroatoms. The summed E-state index contributed by atoms with van der Waals surface area (Å²) >= 11 is 0. The van der Waals surface area contributed by atoms with Crippen LogP contribution in [0.5, 0.6) is 0 Å². The topological polar surface area (TPSA) is 97.4 Å². The summed E-state index contributed by atoms with van der Waals surface area (Å²) in [5.74, 6) is -0.833. The molecule has 30 heavy (non-hydrogen) atoms. The SMILES string of the molecule is COC(=O)[C@H]1[C@H](CNC(=O)OC(C)(C)C)C[C@H]2CN1C(=O)N2OCc1ccccc1. The van der Waals surface area contributed by atoms with Gasteiger partial charge in [0.05, 0.1) is 13.2 Å². The van der Waals surface area contributed by atoms with Crippen LogP contribution in [0.25, 0.3) is 0 Å². The summed E-state index contributed by atoms with van der Waals surface area (Å²) in [6.45, 7) is 6.13. The number of methoxy groups -OCH3 is 1. The van der Waals surface area contributed by atoms with Crippen molar-refractivity contribution in [1.29, 1.82) is 0 Å². The van der Waals surface area contributed by atoms with E-state index in [-0.39, 0.29) is 31.1 Å². The van der Waals surface area contributed by atoms with Crippen LogP contribution in [0.1, 0.15) is 32.8 Å². The molecule has 1 N–H and O–H groups in total. The first kappa shape index (κ1) is 21.9. The molecule has 3 rings (SSSR count). The van der Waals surface area contributed by atoms with Gasteiger partial charge in [-0.25, -0.2) is 14.4 Å². The van der Waals surface area contributed by atoms with Crippen molar-refractivity contribution in [1.82, 2.24) is 15.3 Å². The van der Waals surface area contributed by atoms with E-state index in [1.165, 1.54) is 17.1 Å². The van der Waals surface area contributed by atoms with E-state index in [0.717, 1.165) is 5.56 Å². The Bertz CT molecular complexity index is 779. The number of ether oxygens (including phenoxy) is 2. The number of nitrogens with zero attached hydrogens (tertiary/aromatic N) is 2. The second-order valence-corrected chi connectivity index (χ2v) is 8.52. The Labute approximate surface area is 176 Å². The van der Waals surface area contributed by atoms with Crippen molar-refractivity contribution in [3.05, 3.63) is 35.9 Å². The Kier molecular flexibility index (Phi) is 6.50. The van der Waals surface area contributed by atoms with Gasteiger partial charge in [0.25, 0.3) is 0 Å². The Balaban J connectivity index is 1.68. The molecule has 3 atom stereocenters. The molecule has 0 aliphatic carbocycles. The number of carbonyl (C=O) groups excluding carboxylic acids is 3. The Morgan fingerprint density at radius 3 is 2.53 bits per heavy atom. The number of benzene rings is 1. The maximum atomic E-state index is 12.9. The van der Waals surface area contributed by atoms with E-state index >= 15 is 0 Å². The van der Waals surface area contributed by atoms with Crippen LogP contribution in [-0.4, -0.2) is 65.9 Å². The van der Waals surface area contributed by atoms with Gasteiger partial charge in [-0.05, 0) is 32.8 Å². The molecule has 2 aliphatic heterocycles. The number of carbonyl (C=O) groups is 3. The number of rotatable bonds is 6. The van der Waals surface area contributed by atoms with Crippen LogP contribution in [0, 0.1) is 5.92 Å². The number of hydrogen-bond donors (Lipinski definition) is 1. The summed E-state index contributed by atoms with van der Waals surface area (Å²) in [4.78, 5) is 44.7. The van der Waals surface area contributed by atoms with Crippen molar-refractivity contribution in [3.8, 4) is 0 Å². The maximum Gasteiger partial charge on any atom is 0.407 e. The van der Waals surface area contributed by atoms with Crippen LogP contribution in [-0.2, 0) is 25.7 Å². The molecule has 0 aromatic heterocycles. The molecular formula is C21H29N3O6. The molecule has 0 radical (unpaired) electrons. The third-order valence-corrected chi connectivity index (χ3v) is 5.09. The van der Waals surface area contributed by atoms with E-state index in [1.807, 2.05) is 30.3 Å². The summed E-state index contributed by atoms with van der Waals surface area (Å²) in [7, 11) is 1.29. The first-order valence-corrected chi connectivity index (χ1v) is 10.0. The van der Waals surface area contributed by atoms with E-state index in [2.05, 4.69) is 5.32 Å². The maximum absolute atomic E-state index is 12.9. The standard InChI is InChI=1S/C21H29N3O6/c1-21(2,3)30-19(26)22-11-15-10-16-12-23(17(15)18(25)28-4)20(27)24(16)29-13-14-8-6-5-7-9-14/h5-9,15-17H,10-13H2,1-4H3,(H,22,26)/t15-,16-,17+/m0/s1. The van der Waals surface area contributed by atoms with Crippen molar-refractivity contribution in [2.45, 2.75) is 51.5 Å². The van der Waals surface area contributed by atoms with Gasteiger partial charge in [0, 0.05) is 19.0 Å². The molecule has 0 saturated carbocycles. The number of fused-ring (bicyclic) bond motifs is 2. The first-order chi connectivity index (χ1) is 14.2. The zero-order valence-corrected chi connectivity index (χ0v) is 17.8. The van der Waals surface area contributed by atoms with E-state index < -0.39 is 23.7 Å². The van der Waals surface area contributed by atoms with Crippen molar-refractivity contribution < 1.29 is 28.7 Å². The lowest BCUT2D eigenvalue weighted by Crippen LogP contribution is -2.54. The smallest absolute Gasteiger partial charge is 0.407 e. The highest BCUT2D eigenvalue weighted by molar-refractivity contribution is 5.86. The molecule has 9 nitrogen and oxygen atoms in total. The van der Waals surface area contributed by atoms with Gasteiger partial charge in [0.2, 0.25) is 0 Å². The van der Waals surface area contributed by atoms with Crippen LogP contribution in [0.3, 0.4) is 0 Å². The number of alkyl carbamates (subject to hydrolysis) is 1. The molecule has 2 aliphatic rings. The highest BCUT2D eigenvalue weighted by atomic mass is 16.7. The number of esters is 1. The van der Waals surface area contributed by atoms with Gasteiger partial charge >= 0.3 is 18.1 Å². The average Bonchev–Trinajstić information content (AvgIpc) is 2.94. The summed E-state index contributed by atoms with van der Waals surface area (Å²) in [5.41, 5.74) is 0.313. The molecule has 2 fully saturated rings. The predicted octanol–water partition coefficient (Wildman–Crippen LogP) is 2.31. The number of hydroxylamine groups is 2. The number of hydrogen-bond acceptors (Lipinski definition) is 6. The minimum Gasteiger partial charge on any atom is -0.467 e. The van der Waals surface area contributed by atoms with Crippen LogP contribution < -0.4 is 5.32 Å². The third kappa shape index (κ3) is 5.02. The van der Waals surface area contributed by atoms with Gasteiger partial charge in [0.1, 0.15) is 18.2 Å². The normalized spacial score (nSPS) is 23.3. The first-order valence-electron chi connectivity index (χ1n) is 10.0. The van der Waals surface area contributed by atoms with Gasteiger partial charge in [-0.3, -0.25) is 4.84 Å². The summed E-state index contributed by atoms with van der Waals surface area (Å²) in [5, 5.41) is 4.05. The zero-order chi connectivity index (χ0) is 21.9. The van der Waals surface area contributed by atoms with Crippen molar-refractivity contribution in [3.63, 3.8) is 0 Å². The molecule has 164 valence electrons. The number of piperidine rings is 1. The van der Waals surface area contributed by atoms with Gasteiger partial charge < -0.3 is 19.7 Å². The van der Waals surface area contributed by atoms with Crippen molar-refractivity contribution in [2.75, 3.05) is 20.2 Å². The molecule has 0 unspecified atom stereocenters. The minimum absolute atomic E-state index is 0.182. The van der Waals surface area contributed by atoms with E-state index in [0.29, 0.717) is 13.0 Å². The lowest BCUT2D eigenvalue weighted by molar-refractivity contribution is -0.149. The number of nitrogens with one attached hydrogen (secondary N) is 1. The quantitative estimate of drug-likeness (QED) is 0.711. The van der Waals surface area contributed by atoms with Crippen LogP contribution in [0.15, 0.2) is 30.3 Å². The third-order valence-electron chi connectivity index (χ3n) is 5.09. The van der Waals surface area contributed by atoms with Gasteiger partial charge in [-0.1, -0.05) is 30.3 Å². The van der Waals surface area contributed by atoms with Crippen LogP contribution in [0.4, 0.5) is 9.59 Å². The second-order valence-electron chi connectivity index (χ2n) is 8.52. The minimum atomic E-state index is -0.793. The fourth-order valence-electron chi connectivity index (χ4n) is 3.84. The van der Waals surface area contributed by atoms with E-state index in [1.54, 1.807) is 20.8 Å². The molecular weight excluding hydrogens is 390 g/mol. The second kappa shape index (κ2) is 8.91. The zero-order valence-electron chi connectivity index (χ0n) is 17.8.